The van der Waals surface area contributed by atoms with Crippen molar-refractivity contribution in [2.45, 2.75) is 44.0 Å². The van der Waals surface area contributed by atoms with Crippen molar-refractivity contribution in [2.75, 3.05) is 17.7 Å². The summed E-state index contributed by atoms with van der Waals surface area (Å²) in [6.07, 6.45) is 2.73. The molecule has 2 aromatic rings. The van der Waals surface area contributed by atoms with E-state index in [0.717, 1.165) is 29.1 Å². The molecule has 1 fully saturated rings. The van der Waals surface area contributed by atoms with Gasteiger partial charge < -0.3 is 14.6 Å². The summed E-state index contributed by atoms with van der Waals surface area (Å²) in [5.74, 6) is -0.142. The molecule has 1 N–H and O–H groups in total. The number of Topliss-reactive ketones (excluding diaryl/α,β-unsaturated/α-hetero) is 1. The van der Waals surface area contributed by atoms with Gasteiger partial charge in [-0.3, -0.25) is 9.59 Å². The Labute approximate surface area is 167 Å². The van der Waals surface area contributed by atoms with Crippen LogP contribution in [0.15, 0.2) is 29.2 Å². The average Bonchev–Trinajstić information content (AvgIpc) is 3.47. The molecule has 0 atom stereocenters. The molecule has 1 saturated carbocycles. The highest BCUT2D eigenvalue weighted by Gasteiger charge is 2.28. The molecule has 1 aromatic carbocycles. The molecule has 146 valence electrons. The quantitative estimate of drug-likeness (QED) is 0.610. The molecule has 0 radical (unpaired) electrons. The van der Waals surface area contributed by atoms with Gasteiger partial charge in [-0.1, -0.05) is 0 Å². The summed E-state index contributed by atoms with van der Waals surface area (Å²) in [7, 11) is 0. The van der Waals surface area contributed by atoms with Crippen molar-refractivity contribution in [3.8, 4) is 0 Å². The van der Waals surface area contributed by atoms with Crippen molar-refractivity contribution in [1.29, 1.82) is 0 Å². The highest BCUT2D eigenvalue weighted by Crippen LogP contribution is 2.38. The first kappa shape index (κ1) is 18.8. The predicted octanol–water partition coefficient (Wildman–Crippen LogP) is 3.91. The zero-order chi connectivity index (χ0) is 19.8. The Morgan fingerprint density at radius 3 is 2.79 bits per heavy atom. The minimum Gasteiger partial charge on any atom is -0.454 e. The fraction of sp³-hybridized carbons (Fsp3) is 0.381. The number of hydrogen-bond acceptors (Lipinski definition) is 5. The fourth-order valence-electron chi connectivity index (χ4n) is 3.59. The number of ether oxygens (including phenoxy) is 1. The fourth-order valence-corrected chi connectivity index (χ4v) is 4.53. The Hall–Kier alpha value is -2.54. The SMILES string of the molecule is Cc1cc(C(=O)COC(=O)c2ccc3c(c2)NC(=O)CCS3)c(C)n1C1CC1. The number of amides is 1. The van der Waals surface area contributed by atoms with Crippen molar-refractivity contribution < 1.29 is 19.1 Å². The molecule has 28 heavy (non-hydrogen) atoms. The van der Waals surface area contributed by atoms with Gasteiger partial charge in [-0.15, -0.1) is 11.8 Å². The summed E-state index contributed by atoms with van der Waals surface area (Å²) in [5, 5.41) is 2.80. The second kappa shape index (κ2) is 7.47. The number of rotatable bonds is 5. The van der Waals surface area contributed by atoms with Crippen molar-refractivity contribution in [3.63, 3.8) is 0 Å². The van der Waals surface area contributed by atoms with E-state index in [0.29, 0.717) is 35.0 Å². The van der Waals surface area contributed by atoms with Crippen molar-refractivity contribution in [3.05, 3.63) is 46.8 Å². The summed E-state index contributed by atoms with van der Waals surface area (Å²) in [4.78, 5) is 37.6. The minimum absolute atomic E-state index is 0.0713. The van der Waals surface area contributed by atoms with Gasteiger partial charge in [0.05, 0.1) is 11.3 Å². The van der Waals surface area contributed by atoms with Gasteiger partial charge in [-0.2, -0.15) is 0 Å². The number of nitrogens with zero attached hydrogens (tertiary/aromatic N) is 1. The maximum atomic E-state index is 12.6. The second-order valence-electron chi connectivity index (χ2n) is 7.24. The van der Waals surface area contributed by atoms with Crippen LogP contribution in [0.4, 0.5) is 5.69 Å². The molecule has 0 spiro atoms. The average molecular weight is 398 g/mol. The Kier molecular flexibility index (Phi) is 5.02. The largest absolute Gasteiger partial charge is 0.454 e. The minimum atomic E-state index is -0.573. The van der Waals surface area contributed by atoms with E-state index >= 15 is 0 Å². The molecule has 4 rings (SSSR count). The monoisotopic (exact) mass is 398 g/mol. The number of ketones is 1. The summed E-state index contributed by atoms with van der Waals surface area (Å²) < 4.78 is 7.45. The van der Waals surface area contributed by atoms with Gasteiger partial charge >= 0.3 is 5.97 Å². The number of esters is 1. The number of anilines is 1. The van der Waals surface area contributed by atoms with E-state index < -0.39 is 5.97 Å². The predicted molar refractivity (Wildman–Crippen MR) is 107 cm³/mol. The lowest BCUT2D eigenvalue weighted by Gasteiger charge is -2.09. The molecule has 7 heteroatoms. The van der Waals surface area contributed by atoms with E-state index in [1.807, 2.05) is 19.9 Å². The van der Waals surface area contributed by atoms with E-state index in [-0.39, 0.29) is 18.3 Å². The first-order chi connectivity index (χ1) is 13.4. The highest BCUT2D eigenvalue weighted by atomic mass is 32.2. The lowest BCUT2D eigenvalue weighted by atomic mass is 10.1. The van der Waals surface area contributed by atoms with Crippen LogP contribution in [0.1, 0.15) is 57.4 Å². The number of hydrogen-bond donors (Lipinski definition) is 1. The molecule has 0 bridgehead atoms. The van der Waals surface area contributed by atoms with Crippen molar-refractivity contribution >= 4 is 35.1 Å². The van der Waals surface area contributed by atoms with Gasteiger partial charge in [-0.05, 0) is 51.0 Å². The second-order valence-corrected chi connectivity index (χ2v) is 8.38. The first-order valence-corrected chi connectivity index (χ1v) is 10.4. The van der Waals surface area contributed by atoms with Crippen LogP contribution in [0.5, 0.6) is 0 Å². The molecule has 1 aliphatic carbocycles. The third-order valence-electron chi connectivity index (χ3n) is 5.11. The van der Waals surface area contributed by atoms with E-state index in [1.54, 1.807) is 30.0 Å². The Morgan fingerprint density at radius 1 is 1.25 bits per heavy atom. The van der Waals surface area contributed by atoms with E-state index in [2.05, 4.69) is 9.88 Å². The van der Waals surface area contributed by atoms with Crippen LogP contribution in [0.25, 0.3) is 0 Å². The Bertz CT molecular complexity index is 975. The van der Waals surface area contributed by atoms with Gasteiger partial charge in [0.1, 0.15) is 0 Å². The number of benzene rings is 1. The van der Waals surface area contributed by atoms with Crippen LogP contribution in [0.3, 0.4) is 0 Å². The highest BCUT2D eigenvalue weighted by molar-refractivity contribution is 7.99. The van der Waals surface area contributed by atoms with Crippen molar-refractivity contribution in [1.82, 2.24) is 4.57 Å². The molecule has 1 amide bonds. The molecule has 2 heterocycles. The van der Waals surface area contributed by atoms with Crippen LogP contribution in [0.2, 0.25) is 0 Å². The number of thioether (sulfide) groups is 1. The molecule has 2 aliphatic rings. The number of nitrogens with one attached hydrogen (secondary N) is 1. The molecular weight excluding hydrogens is 376 g/mol. The summed E-state index contributed by atoms with van der Waals surface area (Å²) >= 11 is 1.57. The van der Waals surface area contributed by atoms with Gasteiger partial charge in [0, 0.05) is 40.1 Å². The van der Waals surface area contributed by atoms with Crippen LogP contribution >= 0.6 is 11.8 Å². The Morgan fingerprint density at radius 2 is 2.04 bits per heavy atom. The zero-order valence-electron chi connectivity index (χ0n) is 15.9. The third kappa shape index (κ3) is 3.71. The first-order valence-electron chi connectivity index (χ1n) is 9.39. The van der Waals surface area contributed by atoms with E-state index in [1.165, 1.54) is 0 Å². The van der Waals surface area contributed by atoms with Gasteiger partial charge in [0.25, 0.3) is 0 Å². The molecule has 0 unspecified atom stereocenters. The standard InChI is InChI=1S/C21H22N2O4S/c1-12-9-16(13(2)23(12)15-4-5-15)18(24)11-27-21(26)14-3-6-19-17(10-14)22-20(25)7-8-28-19/h3,6,9-10,15H,4-5,7-8,11H2,1-2H3,(H,22,25). The normalized spacial score (nSPS) is 16.1. The third-order valence-corrected chi connectivity index (χ3v) is 6.18. The topological polar surface area (TPSA) is 77.4 Å². The number of fused-ring (bicyclic) bond motifs is 1. The molecular formula is C21H22N2O4S. The lowest BCUT2D eigenvalue weighted by Crippen LogP contribution is -2.16. The van der Waals surface area contributed by atoms with Crippen LogP contribution in [-0.2, 0) is 9.53 Å². The number of carbonyl (C=O) groups excluding carboxylic acids is 3. The molecule has 1 aliphatic heterocycles. The smallest absolute Gasteiger partial charge is 0.338 e. The number of aromatic nitrogens is 1. The molecule has 0 saturated heterocycles. The van der Waals surface area contributed by atoms with Gasteiger partial charge in [0.15, 0.2) is 6.61 Å². The maximum absolute atomic E-state index is 12.6. The molecule has 1 aromatic heterocycles. The van der Waals surface area contributed by atoms with Gasteiger partial charge in [-0.25, -0.2) is 4.79 Å². The van der Waals surface area contributed by atoms with Crippen LogP contribution in [-0.4, -0.2) is 34.6 Å². The van der Waals surface area contributed by atoms with E-state index in [9.17, 15) is 14.4 Å². The van der Waals surface area contributed by atoms with Crippen molar-refractivity contribution in [2.24, 2.45) is 0 Å². The molecule has 6 nitrogen and oxygen atoms in total. The number of aryl methyl sites for hydroxylation is 1. The summed E-state index contributed by atoms with van der Waals surface area (Å²) in [5.41, 5.74) is 3.54. The maximum Gasteiger partial charge on any atom is 0.338 e. The Balaban J connectivity index is 1.44. The van der Waals surface area contributed by atoms with Crippen LogP contribution in [0, 0.1) is 13.8 Å². The van der Waals surface area contributed by atoms with Crippen LogP contribution < -0.4 is 5.32 Å². The zero-order valence-corrected chi connectivity index (χ0v) is 16.7. The van der Waals surface area contributed by atoms with Gasteiger partial charge in [0.2, 0.25) is 11.7 Å². The lowest BCUT2D eigenvalue weighted by molar-refractivity contribution is -0.115. The van der Waals surface area contributed by atoms with E-state index in [4.69, 9.17) is 4.74 Å². The number of carbonyl (C=O) groups is 3. The summed E-state index contributed by atoms with van der Waals surface area (Å²) in [6.45, 7) is 3.63. The summed E-state index contributed by atoms with van der Waals surface area (Å²) in [6, 6.07) is 7.44.